The van der Waals surface area contributed by atoms with Crippen molar-refractivity contribution in [3.05, 3.63) is 59.4 Å². The quantitative estimate of drug-likeness (QED) is 0.750. The Hall–Kier alpha value is -2.96. The van der Waals surface area contributed by atoms with Crippen molar-refractivity contribution in [1.29, 1.82) is 0 Å². The molecule has 3 heterocycles. The molecule has 7 heteroatoms. The summed E-state index contributed by atoms with van der Waals surface area (Å²) in [5, 5.41) is 11.5. The minimum absolute atomic E-state index is 0.0797. The average Bonchev–Trinajstić information content (AvgIpc) is 3.29. The van der Waals surface area contributed by atoms with E-state index in [1.54, 1.807) is 12.3 Å². The molecule has 140 valence electrons. The zero-order chi connectivity index (χ0) is 18.8. The van der Waals surface area contributed by atoms with E-state index in [1.807, 2.05) is 29.1 Å². The first-order valence-corrected chi connectivity index (χ1v) is 9.36. The molecular weight excluding hydrogens is 342 g/mol. The van der Waals surface area contributed by atoms with Gasteiger partial charge in [-0.2, -0.15) is 5.10 Å². The van der Waals surface area contributed by atoms with Crippen LogP contribution in [-0.4, -0.2) is 25.8 Å². The molecule has 0 fully saturated rings. The van der Waals surface area contributed by atoms with Crippen LogP contribution in [0.15, 0.2) is 41.2 Å². The van der Waals surface area contributed by atoms with Gasteiger partial charge < -0.3 is 9.84 Å². The first kappa shape index (κ1) is 17.5. The number of pyridine rings is 1. The molecule has 0 spiro atoms. The summed E-state index contributed by atoms with van der Waals surface area (Å²) < 4.78 is 7.15. The Kier molecular flexibility index (Phi) is 4.75. The van der Waals surface area contributed by atoms with Crippen LogP contribution < -0.4 is 5.32 Å². The van der Waals surface area contributed by atoms with E-state index in [0.717, 1.165) is 48.5 Å². The van der Waals surface area contributed by atoms with Crippen LogP contribution in [0.2, 0.25) is 0 Å². The van der Waals surface area contributed by atoms with E-state index in [2.05, 4.69) is 34.4 Å². The standard InChI is InChI=1S/C20H23N5O2/c1-13(2)10-14-11-17(24-27-14)20(26)23-16-6-5-7-18-15(16)12-22-25(18)19-8-3-4-9-21-19/h3-4,8-9,11-13,16H,5-7,10H2,1-2H3,(H,23,26)/t16-/m0/s1. The monoisotopic (exact) mass is 365 g/mol. The molecule has 1 aliphatic carbocycles. The molecule has 0 radical (unpaired) electrons. The number of rotatable bonds is 5. The number of carbonyl (C=O) groups excluding carboxylic acids is 1. The number of aromatic nitrogens is 4. The summed E-state index contributed by atoms with van der Waals surface area (Å²) in [5.41, 5.74) is 2.48. The molecule has 0 saturated heterocycles. The Bertz CT molecular complexity index is 929. The predicted octanol–water partition coefficient (Wildman–Crippen LogP) is 3.26. The van der Waals surface area contributed by atoms with Gasteiger partial charge in [0.05, 0.1) is 17.9 Å². The number of hydrogen-bond donors (Lipinski definition) is 1. The van der Waals surface area contributed by atoms with Gasteiger partial charge in [-0.3, -0.25) is 4.79 Å². The number of nitrogens with zero attached hydrogens (tertiary/aromatic N) is 4. The lowest BCUT2D eigenvalue weighted by atomic mass is 9.93. The van der Waals surface area contributed by atoms with E-state index in [1.165, 1.54) is 0 Å². The van der Waals surface area contributed by atoms with Crippen molar-refractivity contribution in [1.82, 2.24) is 25.2 Å². The largest absolute Gasteiger partial charge is 0.361 e. The normalized spacial score (nSPS) is 16.3. The highest BCUT2D eigenvalue weighted by atomic mass is 16.5. The Morgan fingerprint density at radius 3 is 3.07 bits per heavy atom. The van der Waals surface area contributed by atoms with Gasteiger partial charge in [0.25, 0.3) is 5.91 Å². The molecule has 0 aromatic carbocycles. The van der Waals surface area contributed by atoms with Crippen LogP contribution in [0.5, 0.6) is 0 Å². The Morgan fingerprint density at radius 2 is 2.30 bits per heavy atom. The van der Waals surface area contributed by atoms with Crippen LogP contribution >= 0.6 is 0 Å². The van der Waals surface area contributed by atoms with Crippen molar-refractivity contribution in [2.75, 3.05) is 0 Å². The molecule has 7 nitrogen and oxygen atoms in total. The maximum atomic E-state index is 12.6. The molecule has 3 aromatic heterocycles. The van der Waals surface area contributed by atoms with Gasteiger partial charge in [0.15, 0.2) is 11.5 Å². The van der Waals surface area contributed by atoms with Crippen molar-refractivity contribution < 1.29 is 9.32 Å². The number of amides is 1. The maximum Gasteiger partial charge on any atom is 0.273 e. The zero-order valence-electron chi connectivity index (χ0n) is 15.6. The molecule has 3 aromatic rings. The molecule has 1 aliphatic rings. The lowest BCUT2D eigenvalue weighted by molar-refractivity contribution is 0.0923. The molecule has 4 rings (SSSR count). The third-order valence-corrected chi connectivity index (χ3v) is 4.76. The van der Waals surface area contributed by atoms with E-state index in [0.29, 0.717) is 11.6 Å². The zero-order valence-corrected chi connectivity index (χ0v) is 15.6. The van der Waals surface area contributed by atoms with E-state index in [9.17, 15) is 4.79 Å². The minimum Gasteiger partial charge on any atom is -0.361 e. The lowest BCUT2D eigenvalue weighted by Crippen LogP contribution is -2.31. The molecule has 0 saturated carbocycles. The maximum absolute atomic E-state index is 12.6. The van der Waals surface area contributed by atoms with Crippen molar-refractivity contribution in [3.63, 3.8) is 0 Å². The molecule has 1 atom stereocenters. The highest BCUT2D eigenvalue weighted by Gasteiger charge is 2.27. The van der Waals surface area contributed by atoms with Gasteiger partial charge in [0.2, 0.25) is 0 Å². The summed E-state index contributed by atoms with van der Waals surface area (Å²) in [4.78, 5) is 17.0. The lowest BCUT2D eigenvalue weighted by Gasteiger charge is -2.23. The molecule has 1 amide bonds. The third kappa shape index (κ3) is 3.63. The van der Waals surface area contributed by atoms with Gasteiger partial charge in [0, 0.05) is 24.2 Å². The van der Waals surface area contributed by atoms with Crippen molar-refractivity contribution in [3.8, 4) is 5.82 Å². The molecule has 0 aliphatic heterocycles. The highest BCUT2D eigenvalue weighted by Crippen LogP contribution is 2.31. The second-order valence-corrected chi connectivity index (χ2v) is 7.34. The summed E-state index contributed by atoms with van der Waals surface area (Å²) in [6.45, 7) is 4.20. The highest BCUT2D eigenvalue weighted by molar-refractivity contribution is 5.92. The van der Waals surface area contributed by atoms with Gasteiger partial charge in [-0.25, -0.2) is 9.67 Å². The number of nitrogens with one attached hydrogen (secondary N) is 1. The van der Waals surface area contributed by atoms with Crippen LogP contribution in [-0.2, 0) is 12.8 Å². The summed E-state index contributed by atoms with van der Waals surface area (Å²) in [6, 6.07) is 7.41. The summed E-state index contributed by atoms with van der Waals surface area (Å²) >= 11 is 0. The smallest absolute Gasteiger partial charge is 0.273 e. The Labute approximate surface area is 157 Å². The molecule has 1 N–H and O–H groups in total. The van der Waals surface area contributed by atoms with Crippen LogP contribution in [0, 0.1) is 5.92 Å². The van der Waals surface area contributed by atoms with Gasteiger partial charge in [-0.05, 0) is 37.3 Å². The fourth-order valence-electron chi connectivity index (χ4n) is 3.53. The SMILES string of the molecule is CC(C)Cc1cc(C(=O)N[C@H]2CCCc3c2cnn3-c2ccccn2)no1. The topological polar surface area (TPSA) is 85.8 Å². The number of hydrogen-bond acceptors (Lipinski definition) is 5. The van der Waals surface area contributed by atoms with Crippen molar-refractivity contribution in [2.45, 2.75) is 45.6 Å². The van der Waals surface area contributed by atoms with Crippen LogP contribution in [0.4, 0.5) is 0 Å². The van der Waals surface area contributed by atoms with E-state index < -0.39 is 0 Å². The van der Waals surface area contributed by atoms with Crippen LogP contribution in [0.3, 0.4) is 0 Å². The van der Waals surface area contributed by atoms with E-state index in [4.69, 9.17) is 4.52 Å². The summed E-state index contributed by atoms with van der Waals surface area (Å²) in [7, 11) is 0. The Morgan fingerprint density at radius 1 is 1.41 bits per heavy atom. The minimum atomic E-state index is -0.211. The fraction of sp³-hybridized carbons (Fsp3) is 0.400. The fourth-order valence-corrected chi connectivity index (χ4v) is 3.53. The molecule has 0 unspecified atom stereocenters. The second-order valence-electron chi connectivity index (χ2n) is 7.34. The van der Waals surface area contributed by atoms with Crippen LogP contribution in [0.1, 0.15) is 60.2 Å². The molecular formula is C20H23N5O2. The van der Waals surface area contributed by atoms with Gasteiger partial charge in [-0.1, -0.05) is 25.1 Å². The second kappa shape index (κ2) is 7.34. The molecule has 0 bridgehead atoms. The van der Waals surface area contributed by atoms with Crippen molar-refractivity contribution >= 4 is 5.91 Å². The Balaban J connectivity index is 1.52. The van der Waals surface area contributed by atoms with Gasteiger partial charge in [-0.15, -0.1) is 0 Å². The van der Waals surface area contributed by atoms with E-state index >= 15 is 0 Å². The number of fused-ring (bicyclic) bond motifs is 1. The first-order chi connectivity index (χ1) is 13.1. The molecule has 27 heavy (non-hydrogen) atoms. The average molecular weight is 365 g/mol. The van der Waals surface area contributed by atoms with E-state index in [-0.39, 0.29) is 11.9 Å². The van der Waals surface area contributed by atoms with Crippen molar-refractivity contribution in [2.24, 2.45) is 5.92 Å². The predicted molar refractivity (Wildman–Crippen MR) is 99.5 cm³/mol. The van der Waals surface area contributed by atoms with Gasteiger partial charge >= 0.3 is 0 Å². The third-order valence-electron chi connectivity index (χ3n) is 4.76. The number of carbonyl (C=O) groups is 1. The summed E-state index contributed by atoms with van der Waals surface area (Å²) in [6.07, 6.45) is 7.13. The van der Waals surface area contributed by atoms with Gasteiger partial charge in [0.1, 0.15) is 5.76 Å². The summed E-state index contributed by atoms with van der Waals surface area (Å²) in [5.74, 6) is 1.77. The first-order valence-electron chi connectivity index (χ1n) is 9.36. The van der Waals surface area contributed by atoms with Crippen LogP contribution in [0.25, 0.3) is 5.82 Å².